The van der Waals surface area contributed by atoms with Gasteiger partial charge in [-0.15, -0.1) is 0 Å². The summed E-state index contributed by atoms with van der Waals surface area (Å²) in [5, 5.41) is 18.9. The SMILES string of the molecule is Cc1oc(-c2ccco2)nc1CC(=O)N1CCC(O)(C(=O)O)CC1. The average molecular weight is 334 g/mol. The molecular formula is C16H18N2O6. The first-order chi connectivity index (χ1) is 11.4. The molecule has 24 heavy (non-hydrogen) atoms. The molecule has 8 nitrogen and oxygen atoms in total. The number of amides is 1. The van der Waals surface area contributed by atoms with Gasteiger partial charge in [-0.3, -0.25) is 4.79 Å². The average Bonchev–Trinajstić information content (AvgIpc) is 3.18. The Morgan fingerprint density at radius 1 is 1.38 bits per heavy atom. The first-order valence-electron chi connectivity index (χ1n) is 7.63. The number of carbonyl (C=O) groups is 2. The van der Waals surface area contributed by atoms with Crippen molar-refractivity contribution in [1.29, 1.82) is 0 Å². The van der Waals surface area contributed by atoms with Crippen LogP contribution >= 0.6 is 0 Å². The maximum atomic E-state index is 12.4. The van der Waals surface area contributed by atoms with E-state index in [0.29, 0.717) is 23.1 Å². The molecule has 0 aliphatic carbocycles. The van der Waals surface area contributed by atoms with E-state index in [0.717, 1.165) is 0 Å². The van der Waals surface area contributed by atoms with Crippen LogP contribution in [0.1, 0.15) is 24.3 Å². The predicted octanol–water partition coefficient (Wildman–Crippen LogP) is 1.22. The van der Waals surface area contributed by atoms with E-state index >= 15 is 0 Å². The molecule has 0 radical (unpaired) electrons. The quantitative estimate of drug-likeness (QED) is 0.863. The summed E-state index contributed by atoms with van der Waals surface area (Å²) in [6.07, 6.45) is 1.60. The van der Waals surface area contributed by atoms with Gasteiger partial charge in [-0.05, 0) is 19.1 Å². The van der Waals surface area contributed by atoms with Gasteiger partial charge in [0.25, 0.3) is 5.89 Å². The Morgan fingerprint density at radius 2 is 2.08 bits per heavy atom. The molecule has 1 aliphatic rings. The number of aryl methyl sites for hydroxylation is 1. The minimum atomic E-state index is -1.74. The minimum absolute atomic E-state index is 0.0174. The maximum absolute atomic E-state index is 12.4. The number of hydrogen-bond acceptors (Lipinski definition) is 6. The van der Waals surface area contributed by atoms with Crippen LogP contribution in [0, 0.1) is 6.92 Å². The molecule has 128 valence electrons. The van der Waals surface area contributed by atoms with Crippen LogP contribution in [-0.2, 0) is 16.0 Å². The van der Waals surface area contributed by atoms with Crippen molar-refractivity contribution in [2.24, 2.45) is 0 Å². The van der Waals surface area contributed by atoms with Gasteiger partial charge in [0.2, 0.25) is 5.91 Å². The Labute approximate surface area is 137 Å². The molecular weight excluding hydrogens is 316 g/mol. The van der Waals surface area contributed by atoms with Crippen LogP contribution in [0.2, 0.25) is 0 Å². The topological polar surface area (TPSA) is 117 Å². The number of carboxylic acids is 1. The lowest BCUT2D eigenvalue weighted by Gasteiger charge is -2.35. The molecule has 0 atom stereocenters. The Bertz CT molecular complexity index is 741. The molecule has 0 unspecified atom stereocenters. The lowest BCUT2D eigenvalue weighted by atomic mass is 9.91. The summed E-state index contributed by atoms with van der Waals surface area (Å²) in [6, 6.07) is 3.44. The van der Waals surface area contributed by atoms with Crippen molar-refractivity contribution in [2.45, 2.75) is 31.8 Å². The van der Waals surface area contributed by atoms with E-state index in [4.69, 9.17) is 13.9 Å². The van der Waals surface area contributed by atoms with Crippen molar-refractivity contribution in [2.75, 3.05) is 13.1 Å². The molecule has 2 N–H and O–H groups in total. The van der Waals surface area contributed by atoms with Gasteiger partial charge in [-0.2, -0.15) is 0 Å². The number of likely N-dealkylation sites (tertiary alicyclic amines) is 1. The third-order valence-corrected chi connectivity index (χ3v) is 4.28. The number of furan rings is 1. The zero-order chi connectivity index (χ0) is 17.3. The minimum Gasteiger partial charge on any atom is -0.479 e. The molecule has 2 aromatic heterocycles. The Morgan fingerprint density at radius 3 is 2.67 bits per heavy atom. The largest absolute Gasteiger partial charge is 0.479 e. The molecule has 8 heteroatoms. The second-order valence-corrected chi connectivity index (χ2v) is 5.89. The number of carboxylic acid groups (broad SMARTS) is 1. The molecule has 3 rings (SSSR count). The van der Waals surface area contributed by atoms with E-state index in [1.165, 1.54) is 11.2 Å². The number of rotatable bonds is 4. The van der Waals surface area contributed by atoms with Gasteiger partial charge in [-0.1, -0.05) is 0 Å². The number of piperidine rings is 1. The van der Waals surface area contributed by atoms with E-state index in [1.807, 2.05) is 0 Å². The molecule has 0 spiro atoms. The molecule has 2 aromatic rings. The lowest BCUT2D eigenvalue weighted by molar-refractivity contribution is -0.165. The second-order valence-electron chi connectivity index (χ2n) is 5.89. The maximum Gasteiger partial charge on any atom is 0.335 e. The van der Waals surface area contributed by atoms with Crippen LogP contribution in [0.25, 0.3) is 11.7 Å². The fourth-order valence-corrected chi connectivity index (χ4v) is 2.69. The summed E-state index contributed by atoms with van der Waals surface area (Å²) in [5.41, 5.74) is -1.22. The summed E-state index contributed by atoms with van der Waals surface area (Å²) in [6.45, 7) is 2.12. The molecule has 1 amide bonds. The molecule has 3 heterocycles. The van der Waals surface area contributed by atoms with Crippen LogP contribution in [0.3, 0.4) is 0 Å². The Hall–Kier alpha value is -2.61. The summed E-state index contributed by atoms with van der Waals surface area (Å²) >= 11 is 0. The molecule has 1 fully saturated rings. The van der Waals surface area contributed by atoms with E-state index in [2.05, 4.69) is 4.98 Å². The zero-order valence-corrected chi connectivity index (χ0v) is 13.2. The Balaban J connectivity index is 1.65. The van der Waals surface area contributed by atoms with Gasteiger partial charge < -0.3 is 23.9 Å². The first kappa shape index (κ1) is 16.3. The van der Waals surface area contributed by atoms with Crippen LogP contribution in [0.5, 0.6) is 0 Å². The Kier molecular flexibility index (Phi) is 4.15. The van der Waals surface area contributed by atoms with Gasteiger partial charge in [0.05, 0.1) is 18.4 Å². The van der Waals surface area contributed by atoms with Gasteiger partial charge >= 0.3 is 5.97 Å². The number of carbonyl (C=O) groups excluding carboxylic acids is 1. The van der Waals surface area contributed by atoms with Crippen LogP contribution in [0.15, 0.2) is 27.2 Å². The van der Waals surface area contributed by atoms with E-state index < -0.39 is 11.6 Å². The van der Waals surface area contributed by atoms with Crippen molar-refractivity contribution in [3.05, 3.63) is 29.9 Å². The molecule has 0 aromatic carbocycles. The van der Waals surface area contributed by atoms with Crippen molar-refractivity contribution in [3.63, 3.8) is 0 Å². The van der Waals surface area contributed by atoms with Crippen LogP contribution in [0.4, 0.5) is 0 Å². The van der Waals surface area contributed by atoms with Gasteiger partial charge in [-0.25, -0.2) is 9.78 Å². The third kappa shape index (κ3) is 3.05. The third-order valence-electron chi connectivity index (χ3n) is 4.28. The lowest BCUT2D eigenvalue weighted by Crippen LogP contribution is -2.51. The van der Waals surface area contributed by atoms with Crippen molar-refractivity contribution in [3.8, 4) is 11.7 Å². The molecule has 0 bridgehead atoms. The molecule has 1 aliphatic heterocycles. The summed E-state index contributed by atoms with van der Waals surface area (Å²) in [7, 11) is 0. The standard InChI is InChI=1S/C16H18N2O6/c1-10-11(17-14(24-10)12-3-2-8-23-12)9-13(19)18-6-4-16(22,5-7-18)15(20)21/h2-3,8,22H,4-7,9H2,1H3,(H,20,21). The fourth-order valence-electron chi connectivity index (χ4n) is 2.69. The monoisotopic (exact) mass is 334 g/mol. The van der Waals surface area contributed by atoms with Crippen LogP contribution < -0.4 is 0 Å². The molecule has 1 saturated heterocycles. The summed E-state index contributed by atoms with van der Waals surface area (Å²) in [5.74, 6) is -0.0795. The van der Waals surface area contributed by atoms with Gasteiger partial charge in [0.1, 0.15) is 5.76 Å². The van der Waals surface area contributed by atoms with Crippen LogP contribution in [-0.4, -0.2) is 50.7 Å². The smallest absolute Gasteiger partial charge is 0.335 e. The zero-order valence-electron chi connectivity index (χ0n) is 13.2. The number of nitrogens with zero attached hydrogens (tertiary/aromatic N) is 2. The fraction of sp³-hybridized carbons (Fsp3) is 0.438. The second kappa shape index (κ2) is 6.12. The van der Waals surface area contributed by atoms with E-state index in [9.17, 15) is 14.7 Å². The highest BCUT2D eigenvalue weighted by Crippen LogP contribution is 2.25. The highest BCUT2D eigenvalue weighted by molar-refractivity contribution is 5.80. The van der Waals surface area contributed by atoms with E-state index in [-0.39, 0.29) is 38.3 Å². The normalized spacial score (nSPS) is 17.0. The number of aromatic nitrogens is 1. The van der Waals surface area contributed by atoms with Gasteiger partial charge in [0.15, 0.2) is 11.4 Å². The number of hydrogen-bond donors (Lipinski definition) is 2. The van der Waals surface area contributed by atoms with Crippen molar-refractivity contribution in [1.82, 2.24) is 9.88 Å². The van der Waals surface area contributed by atoms with E-state index in [1.54, 1.807) is 19.1 Å². The molecule has 0 saturated carbocycles. The van der Waals surface area contributed by atoms with Gasteiger partial charge in [0, 0.05) is 25.9 Å². The number of oxazole rings is 1. The highest BCUT2D eigenvalue weighted by atomic mass is 16.4. The number of aliphatic carboxylic acids is 1. The van der Waals surface area contributed by atoms with Crippen molar-refractivity contribution >= 4 is 11.9 Å². The summed E-state index contributed by atoms with van der Waals surface area (Å²) in [4.78, 5) is 29.2. The highest BCUT2D eigenvalue weighted by Gasteiger charge is 2.40. The number of aliphatic hydroxyl groups is 1. The predicted molar refractivity (Wildman–Crippen MR) is 81.0 cm³/mol. The summed E-state index contributed by atoms with van der Waals surface area (Å²) < 4.78 is 10.7. The first-order valence-corrected chi connectivity index (χ1v) is 7.63. The van der Waals surface area contributed by atoms with Crippen molar-refractivity contribution < 1.29 is 28.6 Å².